The summed E-state index contributed by atoms with van der Waals surface area (Å²) in [5.74, 6) is -0.251. The van der Waals surface area contributed by atoms with Gasteiger partial charge in [0.25, 0.3) is 0 Å². The molecule has 4 nitrogen and oxygen atoms in total. The summed E-state index contributed by atoms with van der Waals surface area (Å²) in [7, 11) is 1.89. The maximum atomic E-state index is 11.4. The molecule has 0 aliphatic rings. The first-order chi connectivity index (χ1) is 10.6. The molecule has 0 saturated heterocycles. The van der Waals surface area contributed by atoms with Crippen molar-refractivity contribution < 1.29 is 14.6 Å². The number of rotatable bonds is 4. The summed E-state index contributed by atoms with van der Waals surface area (Å²) in [5.41, 5.74) is 1.99. The van der Waals surface area contributed by atoms with Crippen LogP contribution in [-0.4, -0.2) is 15.6 Å². The van der Waals surface area contributed by atoms with Gasteiger partial charge in [-0.05, 0) is 36.4 Å². The molecule has 3 rings (SSSR count). The van der Waals surface area contributed by atoms with Crippen molar-refractivity contribution in [3.63, 3.8) is 0 Å². The number of carboxylic acids is 1. The molecule has 0 saturated carbocycles. The van der Waals surface area contributed by atoms with Crippen molar-refractivity contribution in [3.05, 3.63) is 64.8 Å². The van der Waals surface area contributed by atoms with E-state index in [1.807, 2.05) is 23.9 Å². The highest BCUT2D eigenvalue weighted by Gasteiger charge is 2.15. The molecule has 112 valence electrons. The van der Waals surface area contributed by atoms with Gasteiger partial charge in [0.05, 0.1) is 5.56 Å². The fourth-order valence-electron chi connectivity index (χ4n) is 2.52. The van der Waals surface area contributed by atoms with Crippen LogP contribution in [0.5, 0.6) is 5.75 Å². The Labute approximate surface area is 132 Å². The minimum atomic E-state index is -0.940. The molecule has 0 atom stereocenters. The summed E-state index contributed by atoms with van der Waals surface area (Å²) < 4.78 is 7.64. The van der Waals surface area contributed by atoms with Crippen LogP contribution >= 0.6 is 11.6 Å². The van der Waals surface area contributed by atoms with Crippen molar-refractivity contribution in [3.8, 4) is 5.75 Å². The highest BCUT2D eigenvalue weighted by Crippen LogP contribution is 2.26. The van der Waals surface area contributed by atoms with Gasteiger partial charge >= 0.3 is 5.97 Å². The minimum absolute atomic E-state index is 0.285. The van der Waals surface area contributed by atoms with Gasteiger partial charge in [0.15, 0.2) is 0 Å². The van der Waals surface area contributed by atoms with Crippen LogP contribution in [0, 0.1) is 0 Å². The van der Waals surface area contributed by atoms with E-state index in [0.717, 1.165) is 11.1 Å². The number of carboxylic acid groups (broad SMARTS) is 1. The first-order valence-electron chi connectivity index (χ1n) is 6.75. The van der Waals surface area contributed by atoms with E-state index in [2.05, 4.69) is 0 Å². The average Bonchev–Trinajstić information content (AvgIpc) is 2.83. The van der Waals surface area contributed by atoms with E-state index in [-0.39, 0.29) is 5.56 Å². The van der Waals surface area contributed by atoms with E-state index < -0.39 is 5.97 Å². The van der Waals surface area contributed by atoms with Gasteiger partial charge in [-0.1, -0.05) is 17.7 Å². The zero-order valence-electron chi connectivity index (χ0n) is 11.9. The third-order valence-corrected chi connectivity index (χ3v) is 3.78. The summed E-state index contributed by atoms with van der Waals surface area (Å²) in [6.45, 7) is 0.295. The van der Waals surface area contributed by atoms with Crippen molar-refractivity contribution in [2.24, 2.45) is 7.05 Å². The number of hydrogen-bond donors (Lipinski definition) is 1. The van der Waals surface area contributed by atoms with Gasteiger partial charge in [0.2, 0.25) is 0 Å². The number of carbonyl (C=O) groups is 1. The second kappa shape index (κ2) is 5.73. The lowest BCUT2D eigenvalue weighted by Gasteiger charge is -2.06. The predicted octanol–water partition coefficient (Wildman–Crippen LogP) is 4.11. The van der Waals surface area contributed by atoms with Crippen LogP contribution in [0.2, 0.25) is 5.02 Å². The molecule has 0 fully saturated rings. The Morgan fingerprint density at radius 2 is 1.95 bits per heavy atom. The minimum Gasteiger partial charge on any atom is -0.489 e. The Morgan fingerprint density at radius 1 is 1.23 bits per heavy atom. The summed E-state index contributed by atoms with van der Waals surface area (Å²) in [4.78, 5) is 11.4. The number of nitrogens with zero attached hydrogens (tertiary/aromatic N) is 1. The van der Waals surface area contributed by atoms with E-state index >= 15 is 0 Å². The van der Waals surface area contributed by atoms with Gasteiger partial charge in [-0.25, -0.2) is 4.79 Å². The van der Waals surface area contributed by atoms with Crippen LogP contribution in [0.1, 0.15) is 15.9 Å². The first kappa shape index (κ1) is 14.5. The number of halogens is 1. The largest absolute Gasteiger partial charge is 0.489 e. The highest BCUT2D eigenvalue weighted by molar-refractivity contribution is 6.30. The zero-order chi connectivity index (χ0) is 15.7. The maximum absolute atomic E-state index is 11.4. The molecule has 0 aliphatic carbocycles. The molecule has 22 heavy (non-hydrogen) atoms. The van der Waals surface area contributed by atoms with E-state index in [1.165, 1.54) is 0 Å². The van der Waals surface area contributed by atoms with Crippen LogP contribution in [0.4, 0.5) is 0 Å². The Hall–Kier alpha value is -2.46. The van der Waals surface area contributed by atoms with Crippen LogP contribution in [0.25, 0.3) is 10.9 Å². The Bertz CT molecular complexity index is 837. The van der Waals surface area contributed by atoms with Crippen LogP contribution in [0.15, 0.2) is 48.7 Å². The second-order valence-electron chi connectivity index (χ2n) is 5.01. The SMILES string of the molecule is Cn1cc(COc2ccc(Cl)cc2)c2c(C(=O)O)cccc21. The second-order valence-corrected chi connectivity index (χ2v) is 5.45. The Kier molecular flexibility index (Phi) is 3.77. The quantitative estimate of drug-likeness (QED) is 0.788. The fourth-order valence-corrected chi connectivity index (χ4v) is 2.64. The molecule has 0 unspecified atom stereocenters. The maximum Gasteiger partial charge on any atom is 0.336 e. The predicted molar refractivity (Wildman–Crippen MR) is 85.7 cm³/mol. The van der Waals surface area contributed by atoms with Gasteiger partial charge in [-0.15, -0.1) is 0 Å². The molecule has 5 heteroatoms. The summed E-state index contributed by atoms with van der Waals surface area (Å²) in [5, 5.41) is 10.7. The Morgan fingerprint density at radius 3 is 2.64 bits per heavy atom. The molecule has 0 amide bonds. The topological polar surface area (TPSA) is 51.5 Å². The lowest BCUT2D eigenvalue weighted by atomic mass is 10.1. The fraction of sp³-hybridized carbons (Fsp3) is 0.118. The van der Waals surface area contributed by atoms with Crippen LogP contribution in [-0.2, 0) is 13.7 Å². The number of aromatic carboxylic acids is 1. The van der Waals surface area contributed by atoms with Gasteiger partial charge in [0.1, 0.15) is 12.4 Å². The lowest BCUT2D eigenvalue weighted by Crippen LogP contribution is -2.00. The summed E-state index contributed by atoms with van der Waals surface area (Å²) >= 11 is 5.84. The average molecular weight is 316 g/mol. The third kappa shape index (κ3) is 2.65. The Balaban J connectivity index is 1.96. The molecule has 0 aliphatic heterocycles. The molecule has 1 aromatic heterocycles. The van der Waals surface area contributed by atoms with Crippen molar-refractivity contribution in [2.75, 3.05) is 0 Å². The molecular formula is C17H14ClNO3. The van der Waals surface area contributed by atoms with Gasteiger partial charge in [-0.2, -0.15) is 0 Å². The molecule has 0 radical (unpaired) electrons. The zero-order valence-corrected chi connectivity index (χ0v) is 12.7. The first-order valence-corrected chi connectivity index (χ1v) is 7.12. The molecular weight excluding hydrogens is 302 g/mol. The highest BCUT2D eigenvalue weighted by atomic mass is 35.5. The van der Waals surface area contributed by atoms with Gasteiger partial charge < -0.3 is 14.4 Å². The van der Waals surface area contributed by atoms with E-state index in [4.69, 9.17) is 16.3 Å². The number of benzene rings is 2. The van der Waals surface area contributed by atoms with E-state index in [9.17, 15) is 9.90 Å². The summed E-state index contributed by atoms with van der Waals surface area (Å²) in [6, 6.07) is 12.3. The van der Waals surface area contributed by atoms with Crippen molar-refractivity contribution in [2.45, 2.75) is 6.61 Å². The van der Waals surface area contributed by atoms with Gasteiger partial charge in [0, 0.05) is 34.7 Å². The smallest absolute Gasteiger partial charge is 0.336 e. The molecule has 1 N–H and O–H groups in total. The number of hydrogen-bond acceptors (Lipinski definition) is 2. The number of aryl methyl sites for hydroxylation is 1. The standard InChI is InChI=1S/C17H14ClNO3/c1-19-9-11(10-22-13-7-5-12(18)6-8-13)16-14(17(20)21)3-2-4-15(16)19/h2-9H,10H2,1H3,(H,20,21). The molecule has 1 heterocycles. The lowest BCUT2D eigenvalue weighted by molar-refractivity contribution is 0.0699. The molecule has 3 aromatic rings. The van der Waals surface area contributed by atoms with Crippen LogP contribution < -0.4 is 4.74 Å². The molecule has 0 spiro atoms. The van der Waals surface area contributed by atoms with Gasteiger partial charge in [-0.3, -0.25) is 0 Å². The van der Waals surface area contributed by atoms with E-state index in [1.54, 1.807) is 36.4 Å². The van der Waals surface area contributed by atoms with Crippen molar-refractivity contribution >= 4 is 28.5 Å². The van der Waals surface area contributed by atoms with Crippen LogP contribution in [0.3, 0.4) is 0 Å². The van der Waals surface area contributed by atoms with Crippen molar-refractivity contribution in [1.29, 1.82) is 0 Å². The monoisotopic (exact) mass is 315 g/mol. The van der Waals surface area contributed by atoms with E-state index in [0.29, 0.717) is 22.8 Å². The van der Waals surface area contributed by atoms with Crippen molar-refractivity contribution in [1.82, 2.24) is 4.57 Å². The normalized spacial score (nSPS) is 10.8. The third-order valence-electron chi connectivity index (χ3n) is 3.53. The number of fused-ring (bicyclic) bond motifs is 1. The summed E-state index contributed by atoms with van der Waals surface area (Å²) in [6.07, 6.45) is 1.90. The molecule has 0 bridgehead atoms. The number of aromatic nitrogens is 1. The number of ether oxygens (including phenoxy) is 1. The molecule has 2 aromatic carbocycles.